The molecule has 3 atom stereocenters. The summed E-state index contributed by atoms with van der Waals surface area (Å²) >= 11 is 1.63. The maximum absolute atomic E-state index is 12.1. The number of carboxylic acids is 1. The fourth-order valence-electron chi connectivity index (χ4n) is 2.61. The molecule has 0 aliphatic heterocycles. The standard InChI is InChI=1S/C13H23NO3S/c1-9(8-18-3)11(15)14-13(2)7-5-4-6-10(13)12(16)17/h9-10H,4-8H2,1-3H3,(H,14,15)(H,16,17). The summed E-state index contributed by atoms with van der Waals surface area (Å²) in [6.45, 7) is 3.75. The van der Waals surface area contributed by atoms with Crippen LogP contribution in [0.15, 0.2) is 0 Å². The molecule has 1 fully saturated rings. The fraction of sp³-hybridized carbons (Fsp3) is 0.846. The number of amides is 1. The number of hydrogen-bond acceptors (Lipinski definition) is 3. The first-order valence-corrected chi connectivity index (χ1v) is 7.84. The highest BCUT2D eigenvalue weighted by Gasteiger charge is 2.42. The maximum Gasteiger partial charge on any atom is 0.308 e. The highest BCUT2D eigenvalue weighted by Crippen LogP contribution is 2.34. The number of nitrogens with one attached hydrogen (secondary N) is 1. The molecule has 0 aromatic heterocycles. The highest BCUT2D eigenvalue weighted by molar-refractivity contribution is 7.98. The first-order valence-electron chi connectivity index (χ1n) is 6.44. The molecule has 1 aliphatic rings. The second-order valence-corrected chi connectivity index (χ2v) is 6.31. The molecule has 2 N–H and O–H groups in total. The lowest BCUT2D eigenvalue weighted by molar-refractivity contribution is -0.147. The van der Waals surface area contributed by atoms with Crippen molar-refractivity contribution in [2.45, 2.75) is 45.1 Å². The van der Waals surface area contributed by atoms with Crippen LogP contribution >= 0.6 is 11.8 Å². The van der Waals surface area contributed by atoms with E-state index < -0.39 is 17.4 Å². The summed E-state index contributed by atoms with van der Waals surface area (Å²) in [5, 5.41) is 12.3. The molecule has 0 aromatic rings. The summed E-state index contributed by atoms with van der Waals surface area (Å²) in [7, 11) is 0. The Morgan fingerprint density at radius 1 is 1.50 bits per heavy atom. The number of carbonyl (C=O) groups excluding carboxylic acids is 1. The minimum Gasteiger partial charge on any atom is -0.481 e. The molecule has 0 bridgehead atoms. The van der Waals surface area contributed by atoms with E-state index in [1.54, 1.807) is 11.8 Å². The largest absolute Gasteiger partial charge is 0.481 e. The Morgan fingerprint density at radius 3 is 2.72 bits per heavy atom. The van der Waals surface area contributed by atoms with Crippen molar-refractivity contribution in [3.05, 3.63) is 0 Å². The number of aliphatic carboxylic acids is 1. The number of thioether (sulfide) groups is 1. The van der Waals surface area contributed by atoms with Crippen molar-refractivity contribution in [3.8, 4) is 0 Å². The lowest BCUT2D eigenvalue weighted by Gasteiger charge is -2.40. The second kappa shape index (κ2) is 6.45. The molecule has 1 rings (SSSR count). The van der Waals surface area contributed by atoms with Crippen LogP contribution < -0.4 is 5.32 Å². The van der Waals surface area contributed by atoms with Gasteiger partial charge in [-0.2, -0.15) is 11.8 Å². The molecule has 0 radical (unpaired) electrons. The predicted octanol–water partition coefficient (Wildman–Crippen LogP) is 2.14. The van der Waals surface area contributed by atoms with Gasteiger partial charge in [-0.05, 0) is 26.0 Å². The van der Waals surface area contributed by atoms with Crippen LogP contribution in [0.5, 0.6) is 0 Å². The van der Waals surface area contributed by atoms with Crippen LogP contribution in [0.2, 0.25) is 0 Å². The first kappa shape index (κ1) is 15.3. The number of hydrogen-bond donors (Lipinski definition) is 2. The summed E-state index contributed by atoms with van der Waals surface area (Å²) in [6.07, 6.45) is 5.29. The van der Waals surface area contributed by atoms with E-state index in [0.717, 1.165) is 25.0 Å². The molecule has 0 heterocycles. The molecule has 4 nitrogen and oxygen atoms in total. The van der Waals surface area contributed by atoms with E-state index in [9.17, 15) is 14.7 Å². The number of carbonyl (C=O) groups is 2. The van der Waals surface area contributed by atoms with E-state index in [1.807, 2.05) is 20.1 Å². The number of rotatable bonds is 5. The van der Waals surface area contributed by atoms with Gasteiger partial charge in [0.25, 0.3) is 0 Å². The smallest absolute Gasteiger partial charge is 0.308 e. The molecule has 1 saturated carbocycles. The van der Waals surface area contributed by atoms with E-state index in [-0.39, 0.29) is 11.8 Å². The maximum atomic E-state index is 12.1. The van der Waals surface area contributed by atoms with Gasteiger partial charge in [-0.3, -0.25) is 9.59 Å². The average molecular weight is 273 g/mol. The van der Waals surface area contributed by atoms with E-state index in [0.29, 0.717) is 6.42 Å². The number of carboxylic acid groups (broad SMARTS) is 1. The van der Waals surface area contributed by atoms with Gasteiger partial charge in [0, 0.05) is 11.7 Å². The molecular weight excluding hydrogens is 250 g/mol. The zero-order valence-electron chi connectivity index (χ0n) is 11.4. The molecular formula is C13H23NO3S. The van der Waals surface area contributed by atoms with Crippen LogP contribution in [0.4, 0.5) is 0 Å². The van der Waals surface area contributed by atoms with Crippen LogP contribution in [-0.2, 0) is 9.59 Å². The average Bonchev–Trinajstić information content (AvgIpc) is 2.28. The molecule has 1 aliphatic carbocycles. The van der Waals surface area contributed by atoms with Crippen molar-refractivity contribution in [1.29, 1.82) is 0 Å². The summed E-state index contributed by atoms with van der Waals surface area (Å²) in [5.41, 5.74) is -0.589. The molecule has 5 heteroatoms. The molecule has 3 unspecified atom stereocenters. The monoisotopic (exact) mass is 273 g/mol. The van der Waals surface area contributed by atoms with E-state index in [4.69, 9.17) is 0 Å². The third-order valence-electron chi connectivity index (χ3n) is 3.78. The van der Waals surface area contributed by atoms with Gasteiger partial charge < -0.3 is 10.4 Å². The van der Waals surface area contributed by atoms with Crippen LogP contribution in [0.25, 0.3) is 0 Å². The van der Waals surface area contributed by atoms with Gasteiger partial charge in [0.15, 0.2) is 0 Å². The van der Waals surface area contributed by atoms with Crippen molar-refractivity contribution in [1.82, 2.24) is 5.32 Å². The Bertz CT molecular complexity index is 321. The Balaban J connectivity index is 2.71. The van der Waals surface area contributed by atoms with E-state index in [1.165, 1.54) is 0 Å². The summed E-state index contributed by atoms with van der Waals surface area (Å²) in [6, 6.07) is 0. The second-order valence-electron chi connectivity index (χ2n) is 5.40. The van der Waals surface area contributed by atoms with Crippen LogP contribution in [0.1, 0.15) is 39.5 Å². The van der Waals surface area contributed by atoms with Crippen molar-refractivity contribution in [2.24, 2.45) is 11.8 Å². The molecule has 104 valence electrons. The fourth-order valence-corrected chi connectivity index (χ4v) is 3.26. The SMILES string of the molecule is CSCC(C)C(=O)NC1(C)CCCCC1C(=O)O. The van der Waals surface area contributed by atoms with E-state index in [2.05, 4.69) is 5.32 Å². The third-order valence-corrected chi connectivity index (χ3v) is 4.61. The molecule has 1 amide bonds. The molecule has 0 saturated heterocycles. The first-order chi connectivity index (χ1) is 8.40. The zero-order chi connectivity index (χ0) is 13.8. The quantitative estimate of drug-likeness (QED) is 0.805. The van der Waals surface area contributed by atoms with Gasteiger partial charge in [-0.15, -0.1) is 0 Å². The van der Waals surface area contributed by atoms with Gasteiger partial charge in [0.2, 0.25) is 5.91 Å². The summed E-state index contributed by atoms with van der Waals surface area (Å²) in [4.78, 5) is 23.3. The Hall–Kier alpha value is -0.710. The predicted molar refractivity (Wildman–Crippen MR) is 73.7 cm³/mol. The van der Waals surface area contributed by atoms with Crippen LogP contribution in [-0.4, -0.2) is 34.5 Å². The van der Waals surface area contributed by atoms with Gasteiger partial charge in [0.05, 0.1) is 11.5 Å². The molecule has 0 aromatic carbocycles. The highest BCUT2D eigenvalue weighted by atomic mass is 32.2. The van der Waals surface area contributed by atoms with Gasteiger partial charge >= 0.3 is 5.97 Å². The normalized spacial score (nSPS) is 29.6. The zero-order valence-corrected chi connectivity index (χ0v) is 12.2. The van der Waals surface area contributed by atoms with Gasteiger partial charge in [-0.1, -0.05) is 19.8 Å². The third kappa shape index (κ3) is 3.64. The van der Waals surface area contributed by atoms with Crippen molar-refractivity contribution >= 4 is 23.6 Å². The minimum atomic E-state index is -0.796. The van der Waals surface area contributed by atoms with Gasteiger partial charge in [0.1, 0.15) is 0 Å². The van der Waals surface area contributed by atoms with Gasteiger partial charge in [-0.25, -0.2) is 0 Å². The topological polar surface area (TPSA) is 66.4 Å². The van der Waals surface area contributed by atoms with Crippen LogP contribution in [0, 0.1) is 11.8 Å². The van der Waals surface area contributed by atoms with Crippen molar-refractivity contribution < 1.29 is 14.7 Å². The molecule has 0 spiro atoms. The Kier molecular flexibility index (Phi) is 5.50. The van der Waals surface area contributed by atoms with Crippen molar-refractivity contribution in [3.63, 3.8) is 0 Å². The lowest BCUT2D eigenvalue weighted by Crippen LogP contribution is -2.56. The van der Waals surface area contributed by atoms with Crippen molar-refractivity contribution in [2.75, 3.05) is 12.0 Å². The Labute approximate surface area is 113 Å². The lowest BCUT2D eigenvalue weighted by atomic mass is 9.73. The molecule has 18 heavy (non-hydrogen) atoms. The van der Waals surface area contributed by atoms with E-state index >= 15 is 0 Å². The van der Waals surface area contributed by atoms with Crippen LogP contribution in [0.3, 0.4) is 0 Å². The summed E-state index contributed by atoms with van der Waals surface area (Å²) < 4.78 is 0. The summed E-state index contributed by atoms with van der Waals surface area (Å²) in [5.74, 6) is -0.598. The minimum absolute atomic E-state index is 0.0278. The Morgan fingerprint density at radius 2 is 2.17 bits per heavy atom.